The van der Waals surface area contributed by atoms with Gasteiger partial charge in [0.1, 0.15) is 0 Å². The summed E-state index contributed by atoms with van der Waals surface area (Å²) < 4.78 is 1.13. The molecule has 0 aromatic carbocycles. The van der Waals surface area contributed by atoms with E-state index in [1.807, 2.05) is 5.82 Å². The largest absolute Gasteiger partial charge is 0.0983 e. The zero-order chi connectivity index (χ0) is 6.78. The Kier molecular flexibility index (Phi) is 3.07. The fraction of sp³-hybridized carbons (Fsp3) is 0.167. The molecule has 0 heterocycles. The van der Waals surface area contributed by atoms with Gasteiger partial charge in [0.25, 0.3) is 0 Å². The van der Waals surface area contributed by atoms with E-state index in [2.05, 4.69) is 48.7 Å². The van der Waals surface area contributed by atoms with Crippen LogP contribution in [0.5, 0.6) is 0 Å². The second-order valence-electron chi connectivity index (χ2n) is 1.83. The Hall–Kier alpha value is 0.510. The summed E-state index contributed by atoms with van der Waals surface area (Å²) in [5.41, 5.74) is 0. The molecule has 0 spiro atoms. The zero-order valence-electron chi connectivity index (χ0n) is 5.02. The highest BCUT2D eigenvalue weighted by atomic mass is 127. The lowest BCUT2D eigenvalue weighted by Gasteiger charge is -2.09. The lowest BCUT2D eigenvalue weighted by Crippen LogP contribution is -1.67. The first-order valence-electron chi connectivity index (χ1n) is 2.20. The maximum Gasteiger partial charge on any atom is 0.00935 e. The molecule has 0 fully saturated rings. The summed E-state index contributed by atoms with van der Waals surface area (Å²) >= 11 is 2.21. The third-order valence-corrected chi connectivity index (χ3v) is 6.18. The lowest BCUT2D eigenvalue weighted by atomic mass is 11.2. The second kappa shape index (κ2) is 2.88. The smallest absolute Gasteiger partial charge is 0.00935 e. The first-order chi connectivity index (χ1) is 3.50. The minimum atomic E-state index is -1.19. The lowest BCUT2D eigenvalue weighted by molar-refractivity contribution is 2.26. The normalized spacial score (nSPS) is 16.8. The van der Waals surface area contributed by atoms with E-state index in [1.54, 1.807) is 0 Å². The summed E-state index contributed by atoms with van der Waals surface area (Å²) in [6, 6.07) is 0. The predicted octanol–water partition coefficient (Wildman–Crippen LogP) is 3.12. The zero-order valence-corrected chi connectivity index (χ0v) is 8.08. The average Bonchev–Trinajstić information content (AvgIpc) is 1.67. The van der Waals surface area contributed by atoms with Gasteiger partial charge in [0.2, 0.25) is 0 Å². The molecule has 0 aromatic heterocycles. The topological polar surface area (TPSA) is 0 Å². The maximum absolute atomic E-state index is 3.97. The molecule has 0 bridgehead atoms. The molecule has 0 rings (SSSR count). The molecule has 0 saturated heterocycles. The fourth-order valence-corrected chi connectivity index (χ4v) is 0.888. The quantitative estimate of drug-likeness (QED) is 0.513. The molecule has 46 valence electrons. The second-order valence-corrected chi connectivity index (χ2v) is 7.42. The van der Waals surface area contributed by atoms with Gasteiger partial charge >= 0.3 is 0 Å². The third-order valence-electron chi connectivity index (χ3n) is 0.957. The van der Waals surface area contributed by atoms with Crippen molar-refractivity contribution in [1.82, 2.24) is 0 Å². The van der Waals surface area contributed by atoms with Crippen LogP contribution in [-0.2, 0) is 0 Å². The van der Waals surface area contributed by atoms with E-state index >= 15 is 0 Å². The van der Waals surface area contributed by atoms with Crippen LogP contribution < -0.4 is 0 Å². The van der Waals surface area contributed by atoms with Gasteiger partial charge in [-0.3, -0.25) is 0 Å². The van der Waals surface area contributed by atoms with E-state index in [-0.39, 0.29) is 0 Å². The molecule has 8 heavy (non-hydrogen) atoms. The van der Waals surface area contributed by atoms with Crippen LogP contribution in [0.1, 0.15) is 0 Å². The van der Waals surface area contributed by atoms with Gasteiger partial charge in [-0.1, -0.05) is 32.2 Å². The van der Waals surface area contributed by atoms with Crippen LogP contribution in [0.3, 0.4) is 0 Å². The molecule has 0 aromatic rings. The van der Waals surface area contributed by atoms with Crippen LogP contribution in [0.25, 0.3) is 0 Å². The molecule has 0 nitrogen and oxygen atoms in total. The first-order valence-corrected chi connectivity index (χ1v) is 5.77. The third kappa shape index (κ3) is 2.19. The number of halogens is 1. The highest BCUT2D eigenvalue weighted by molar-refractivity contribution is 14.1. The monoisotopic (exact) mass is 240 g/mol. The number of hydrogen-bond donors (Lipinski definition) is 0. The van der Waals surface area contributed by atoms with Gasteiger partial charge < -0.3 is 0 Å². The van der Waals surface area contributed by atoms with Gasteiger partial charge in [0.05, 0.1) is 0 Å². The molecule has 0 N–H and O–H groups in total. The molecule has 1 atom stereocenters. The molecule has 0 radical (unpaired) electrons. The number of hydrogen-bond acceptors (Lipinski definition) is 0. The Morgan fingerprint density at radius 2 is 2.12 bits per heavy atom. The van der Waals surface area contributed by atoms with Crippen LogP contribution in [0.15, 0.2) is 22.3 Å². The van der Waals surface area contributed by atoms with Crippen LogP contribution in [0.2, 0.25) is 0 Å². The summed E-state index contributed by atoms with van der Waals surface area (Å²) in [4.78, 5) is 0. The molecular formula is C6H10IP. The summed E-state index contributed by atoms with van der Waals surface area (Å²) in [5.74, 6) is 1.90. The van der Waals surface area contributed by atoms with Crippen molar-refractivity contribution in [2.24, 2.45) is 0 Å². The maximum atomic E-state index is 3.97. The highest BCUT2D eigenvalue weighted by Crippen LogP contribution is 2.52. The van der Waals surface area contributed by atoms with Crippen molar-refractivity contribution < 1.29 is 0 Å². The average molecular weight is 240 g/mol. The minimum absolute atomic E-state index is 1.13. The van der Waals surface area contributed by atoms with Crippen LogP contribution in [0.4, 0.5) is 0 Å². The Balaban J connectivity index is 4.38. The van der Waals surface area contributed by atoms with Crippen molar-refractivity contribution in [3.63, 3.8) is 0 Å². The molecule has 1 unspecified atom stereocenters. The summed E-state index contributed by atoms with van der Waals surface area (Å²) in [6.45, 7) is 8.38. The van der Waals surface area contributed by atoms with Crippen molar-refractivity contribution in [3.8, 4) is 0 Å². The molecule has 2 heteroatoms. The Bertz CT molecular complexity index is 158. The van der Waals surface area contributed by atoms with Gasteiger partial charge in [-0.2, -0.15) is 0 Å². The molecule has 0 amide bonds. The standard InChI is InChI=1S/C6H10IP/c1-5-8(3,4)6(2)7/h5H,1-3H2,4H3. The molecule has 0 aliphatic rings. The van der Waals surface area contributed by atoms with Gasteiger partial charge in [-0.15, -0.1) is 0 Å². The summed E-state index contributed by atoms with van der Waals surface area (Å²) in [5, 5.41) is 0. The van der Waals surface area contributed by atoms with Crippen molar-refractivity contribution >= 4 is 35.8 Å². The van der Waals surface area contributed by atoms with Crippen molar-refractivity contribution in [2.75, 3.05) is 6.66 Å². The molecular weight excluding hydrogens is 230 g/mol. The molecule has 0 aliphatic carbocycles. The first kappa shape index (κ1) is 8.51. The minimum Gasteiger partial charge on any atom is -0.0983 e. The van der Waals surface area contributed by atoms with E-state index in [0.717, 1.165) is 3.32 Å². The Morgan fingerprint density at radius 3 is 2.12 bits per heavy atom. The molecule has 0 aliphatic heterocycles. The Morgan fingerprint density at radius 1 is 1.75 bits per heavy atom. The van der Waals surface area contributed by atoms with Crippen molar-refractivity contribution in [1.29, 1.82) is 0 Å². The van der Waals surface area contributed by atoms with E-state index in [1.165, 1.54) is 0 Å². The predicted molar refractivity (Wildman–Crippen MR) is 53.3 cm³/mol. The van der Waals surface area contributed by atoms with Crippen molar-refractivity contribution in [2.45, 2.75) is 0 Å². The SMILES string of the molecule is C=CP(=C)(C)C(=C)I. The Labute approximate surface area is 64.8 Å². The highest BCUT2D eigenvalue weighted by Gasteiger charge is 2.01. The van der Waals surface area contributed by atoms with Crippen molar-refractivity contribution in [3.05, 3.63) is 22.3 Å². The van der Waals surface area contributed by atoms with Crippen LogP contribution >= 0.6 is 29.5 Å². The van der Waals surface area contributed by atoms with Crippen LogP contribution in [0, 0.1) is 0 Å². The van der Waals surface area contributed by atoms with E-state index in [4.69, 9.17) is 0 Å². The number of rotatable bonds is 2. The van der Waals surface area contributed by atoms with E-state index in [9.17, 15) is 0 Å². The van der Waals surface area contributed by atoms with E-state index < -0.39 is 6.89 Å². The summed E-state index contributed by atoms with van der Waals surface area (Å²) in [6.07, 6.45) is 3.97. The fourth-order valence-electron chi connectivity index (χ4n) is 0.0991. The van der Waals surface area contributed by atoms with E-state index in [0.29, 0.717) is 0 Å². The van der Waals surface area contributed by atoms with Crippen LogP contribution in [-0.4, -0.2) is 13.0 Å². The van der Waals surface area contributed by atoms with Gasteiger partial charge in [0, 0.05) is 3.32 Å². The van der Waals surface area contributed by atoms with Gasteiger partial charge in [0.15, 0.2) is 0 Å². The molecule has 0 saturated carbocycles. The van der Waals surface area contributed by atoms with Gasteiger partial charge in [-0.25, -0.2) is 0 Å². The van der Waals surface area contributed by atoms with Gasteiger partial charge in [-0.05, 0) is 29.3 Å². The summed E-state index contributed by atoms with van der Waals surface area (Å²) in [7, 11) is 0.